The van der Waals surface area contributed by atoms with E-state index >= 15 is 0 Å². The van der Waals surface area contributed by atoms with Crippen LogP contribution in [0.4, 0.5) is 0 Å². The highest BCUT2D eigenvalue weighted by atomic mass is 16.5. The monoisotopic (exact) mass is 204 g/mol. The summed E-state index contributed by atoms with van der Waals surface area (Å²) in [6.07, 6.45) is 4.09. The summed E-state index contributed by atoms with van der Waals surface area (Å²) in [7, 11) is 0. The molecule has 82 valence electrons. The van der Waals surface area contributed by atoms with Crippen LogP contribution in [0.1, 0.15) is 44.6 Å². The second-order valence-electron chi connectivity index (χ2n) is 4.83. The van der Waals surface area contributed by atoms with E-state index in [2.05, 4.69) is 38.1 Å². The SMILES string of the molecule is CC(C)c1ccc(OCC2CCC2)cc1. The fourth-order valence-corrected chi connectivity index (χ4v) is 1.82. The van der Waals surface area contributed by atoms with Gasteiger partial charge in [0.2, 0.25) is 0 Å². The molecular weight excluding hydrogens is 184 g/mol. The van der Waals surface area contributed by atoms with Crippen LogP contribution in [-0.2, 0) is 0 Å². The minimum atomic E-state index is 0.602. The summed E-state index contributed by atoms with van der Waals surface area (Å²) in [6.45, 7) is 5.33. The van der Waals surface area contributed by atoms with Crippen molar-refractivity contribution in [2.24, 2.45) is 5.92 Å². The van der Waals surface area contributed by atoms with E-state index in [4.69, 9.17) is 4.74 Å². The molecule has 0 unspecified atom stereocenters. The van der Waals surface area contributed by atoms with Crippen LogP contribution in [0.3, 0.4) is 0 Å². The second kappa shape index (κ2) is 4.69. The van der Waals surface area contributed by atoms with Crippen LogP contribution in [0.2, 0.25) is 0 Å². The predicted octanol–water partition coefficient (Wildman–Crippen LogP) is 3.99. The second-order valence-corrected chi connectivity index (χ2v) is 4.83. The van der Waals surface area contributed by atoms with Gasteiger partial charge >= 0.3 is 0 Å². The molecule has 15 heavy (non-hydrogen) atoms. The van der Waals surface area contributed by atoms with Gasteiger partial charge in [0.1, 0.15) is 5.75 Å². The van der Waals surface area contributed by atoms with Gasteiger partial charge in [0.05, 0.1) is 6.61 Å². The lowest BCUT2D eigenvalue weighted by atomic mass is 9.86. The first-order valence-electron chi connectivity index (χ1n) is 5.98. The van der Waals surface area contributed by atoms with E-state index in [9.17, 15) is 0 Å². The maximum Gasteiger partial charge on any atom is 0.119 e. The topological polar surface area (TPSA) is 9.23 Å². The van der Waals surface area contributed by atoms with E-state index < -0.39 is 0 Å². The fourth-order valence-electron chi connectivity index (χ4n) is 1.82. The van der Waals surface area contributed by atoms with Crippen molar-refractivity contribution >= 4 is 0 Å². The van der Waals surface area contributed by atoms with Crippen molar-refractivity contribution in [2.45, 2.75) is 39.0 Å². The van der Waals surface area contributed by atoms with E-state index in [1.807, 2.05) is 0 Å². The normalized spacial score (nSPS) is 16.5. The van der Waals surface area contributed by atoms with Crippen LogP contribution in [-0.4, -0.2) is 6.61 Å². The quantitative estimate of drug-likeness (QED) is 0.720. The number of rotatable bonds is 4. The molecule has 1 saturated carbocycles. The van der Waals surface area contributed by atoms with Gasteiger partial charge in [-0.15, -0.1) is 0 Å². The van der Waals surface area contributed by atoms with Crippen LogP contribution >= 0.6 is 0 Å². The highest BCUT2D eigenvalue weighted by molar-refractivity contribution is 5.28. The molecule has 0 atom stereocenters. The van der Waals surface area contributed by atoms with Crippen LogP contribution in [0.5, 0.6) is 5.75 Å². The molecule has 1 fully saturated rings. The average molecular weight is 204 g/mol. The lowest BCUT2D eigenvalue weighted by Crippen LogP contribution is -2.19. The zero-order valence-corrected chi connectivity index (χ0v) is 9.70. The van der Waals surface area contributed by atoms with Gasteiger partial charge in [-0.1, -0.05) is 32.4 Å². The Labute approximate surface area is 92.5 Å². The van der Waals surface area contributed by atoms with Gasteiger partial charge < -0.3 is 4.74 Å². The summed E-state index contributed by atoms with van der Waals surface area (Å²) in [5, 5.41) is 0. The first-order chi connectivity index (χ1) is 7.25. The molecule has 2 rings (SSSR count). The molecule has 1 aromatic carbocycles. The third-order valence-electron chi connectivity index (χ3n) is 3.26. The van der Waals surface area contributed by atoms with Gasteiger partial charge in [0, 0.05) is 0 Å². The summed E-state index contributed by atoms with van der Waals surface area (Å²) >= 11 is 0. The fraction of sp³-hybridized carbons (Fsp3) is 0.571. The van der Waals surface area contributed by atoms with Crippen molar-refractivity contribution in [3.63, 3.8) is 0 Å². The predicted molar refractivity (Wildman–Crippen MR) is 63.4 cm³/mol. The molecule has 0 bridgehead atoms. The van der Waals surface area contributed by atoms with Crippen LogP contribution in [0.15, 0.2) is 24.3 Å². The van der Waals surface area contributed by atoms with Gasteiger partial charge in [-0.3, -0.25) is 0 Å². The van der Waals surface area contributed by atoms with Crippen molar-refractivity contribution < 1.29 is 4.74 Å². The molecule has 1 aliphatic rings. The van der Waals surface area contributed by atoms with Gasteiger partial charge in [-0.25, -0.2) is 0 Å². The Kier molecular flexibility index (Phi) is 3.30. The zero-order chi connectivity index (χ0) is 10.7. The smallest absolute Gasteiger partial charge is 0.119 e. The van der Waals surface area contributed by atoms with Gasteiger partial charge in [-0.05, 0) is 42.4 Å². The highest BCUT2D eigenvalue weighted by Crippen LogP contribution is 2.27. The molecule has 0 spiro atoms. The van der Waals surface area contributed by atoms with Crippen LogP contribution < -0.4 is 4.74 Å². The Morgan fingerprint density at radius 1 is 1.20 bits per heavy atom. The molecule has 1 nitrogen and oxygen atoms in total. The maximum atomic E-state index is 5.74. The minimum absolute atomic E-state index is 0.602. The van der Waals surface area contributed by atoms with Crippen molar-refractivity contribution in [1.82, 2.24) is 0 Å². The molecule has 0 radical (unpaired) electrons. The summed E-state index contributed by atoms with van der Waals surface area (Å²) in [6, 6.07) is 8.52. The Bertz CT molecular complexity index is 296. The Morgan fingerprint density at radius 2 is 1.87 bits per heavy atom. The molecular formula is C14H20O. The largest absolute Gasteiger partial charge is 0.493 e. The summed E-state index contributed by atoms with van der Waals surface area (Å²) < 4.78 is 5.74. The molecule has 0 aromatic heterocycles. The van der Waals surface area contributed by atoms with Crippen molar-refractivity contribution in [2.75, 3.05) is 6.61 Å². The standard InChI is InChI=1S/C14H20O/c1-11(2)13-6-8-14(9-7-13)15-10-12-4-3-5-12/h6-9,11-12H,3-5,10H2,1-2H3. The zero-order valence-electron chi connectivity index (χ0n) is 9.70. The van der Waals surface area contributed by atoms with Crippen LogP contribution in [0.25, 0.3) is 0 Å². The van der Waals surface area contributed by atoms with Gasteiger partial charge in [0.15, 0.2) is 0 Å². The minimum Gasteiger partial charge on any atom is -0.493 e. The molecule has 1 heteroatoms. The number of ether oxygens (including phenoxy) is 1. The van der Waals surface area contributed by atoms with E-state index in [0.29, 0.717) is 5.92 Å². The Morgan fingerprint density at radius 3 is 2.33 bits per heavy atom. The first-order valence-corrected chi connectivity index (χ1v) is 5.98. The lowest BCUT2D eigenvalue weighted by Gasteiger charge is -2.25. The molecule has 1 aliphatic carbocycles. The molecule has 0 heterocycles. The number of hydrogen-bond donors (Lipinski definition) is 0. The van der Waals surface area contributed by atoms with Crippen LogP contribution in [0, 0.1) is 5.92 Å². The highest BCUT2D eigenvalue weighted by Gasteiger charge is 2.17. The molecule has 1 aromatic rings. The van der Waals surface area contributed by atoms with E-state index in [-0.39, 0.29) is 0 Å². The van der Waals surface area contributed by atoms with Crippen molar-refractivity contribution in [1.29, 1.82) is 0 Å². The van der Waals surface area contributed by atoms with Gasteiger partial charge in [-0.2, -0.15) is 0 Å². The number of hydrogen-bond acceptors (Lipinski definition) is 1. The third-order valence-corrected chi connectivity index (χ3v) is 3.26. The molecule has 0 saturated heterocycles. The van der Waals surface area contributed by atoms with E-state index in [0.717, 1.165) is 18.3 Å². The molecule has 0 aliphatic heterocycles. The summed E-state index contributed by atoms with van der Waals surface area (Å²) in [5.41, 5.74) is 1.38. The first kappa shape index (κ1) is 10.5. The van der Waals surface area contributed by atoms with E-state index in [1.54, 1.807) is 0 Å². The maximum absolute atomic E-state index is 5.74. The van der Waals surface area contributed by atoms with Crippen molar-refractivity contribution in [3.05, 3.63) is 29.8 Å². The molecule has 0 amide bonds. The summed E-state index contributed by atoms with van der Waals surface area (Å²) in [4.78, 5) is 0. The summed E-state index contributed by atoms with van der Waals surface area (Å²) in [5.74, 6) is 2.44. The Hall–Kier alpha value is -0.980. The number of benzene rings is 1. The Balaban J connectivity index is 1.86. The van der Waals surface area contributed by atoms with Crippen molar-refractivity contribution in [3.8, 4) is 5.75 Å². The van der Waals surface area contributed by atoms with Gasteiger partial charge in [0.25, 0.3) is 0 Å². The molecule has 0 N–H and O–H groups in total. The average Bonchev–Trinajstić information content (AvgIpc) is 2.16. The van der Waals surface area contributed by atoms with E-state index in [1.165, 1.54) is 24.8 Å². The third kappa shape index (κ3) is 2.74. The lowest BCUT2D eigenvalue weighted by molar-refractivity contribution is 0.180.